The summed E-state index contributed by atoms with van der Waals surface area (Å²) in [4.78, 5) is 10.4. The van der Waals surface area contributed by atoms with Crippen LogP contribution in [0.25, 0.3) is 0 Å². The Kier molecular flexibility index (Phi) is 1.11. The van der Waals surface area contributed by atoms with E-state index in [-0.39, 0.29) is 5.57 Å². The first-order valence-electron chi connectivity index (χ1n) is 2.82. The molecule has 2 heteroatoms. The van der Waals surface area contributed by atoms with Crippen LogP contribution in [0, 0.1) is 0 Å². The van der Waals surface area contributed by atoms with Crippen molar-refractivity contribution in [2.45, 2.75) is 6.92 Å². The fourth-order valence-corrected chi connectivity index (χ4v) is 0.153. The van der Waals surface area contributed by atoms with Gasteiger partial charge in [-0.15, -0.1) is 0 Å². The molecule has 0 amide bonds. The van der Waals surface area contributed by atoms with E-state index in [0.29, 0.717) is 0 Å². The lowest BCUT2D eigenvalue weighted by Gasteiger charge is -1.91. The van der Waals surface area contributed by atoms with Gasteiger partial charge in [-0.2, -0.15) is 0 Å². The monoisotopic (exact) mass is 102 g/mol. The van der Waals surface area contributed by atoms with Gasteiger partial charge in [0.15, 0.2) is 0 Å². The zero-order valence-corrected chi connectivity index (χ0v) is 4.32. The first kappa shape index (κ1) is 3.24. The van der Waals surface area contributed by atoms with E-state index in [1.165, 1.54) is 14.0 Å². The Bertz CT molecular complexity index is 147. The fraction of sp³-hybridized carbons (Fsp3) is 0.400. The quantitative estimate of drug-likeness (QED) is 0.360. The molecule has 0 heterocycles. The lowest BCUT2D eigenvalue weighted by Crippen LogP contribution is -1.98. The molecule has 0 aliphatic carbocycles. The van der Waals surface area contributed by atoms with E-state index in [1.807, 2.05) is 0 Å². The van der Waals surface area contributed by atoms with Gasteiger partial charge in [0.25, 0.3) is 0 Å². The maximum atomic E-state index is 10.4. The highest BCUT2D eigenvalue weighted by Gasteiger charge is 1.95. The van der Waals surface area contributed by atoms with Crippen LogP contribution in [-0.4, -0.2) is 13.1 Å². The molecule has 0 rings (SSSR count). The highest BCUT2D eigenvalue weighted by atomic mass is 16.5. The highest BCUT2D eigenvalue weighted by molar-refractivity contribution is 5.86. The molecule has 0 fully saturated rings. The van der Waals surface area contributed by atoms with Gasteiger partial charge in [-0.05, 0) is 6.92 Å². The maximum Gasteiger partial charge on any atom is 0.332 e. The first-order chi connectivity index (χ1) is 4.09. The summed E-state index contributed by atoms with van der Waals surface area (Å²) in [6.07, 6.45) is 0. The summed E-state index contributed by atoms with van der Waals surface area (Å²) in [6.45, 7) is 0.878. The minimum Gasteiger partial charge on any atom is -0.466 e. The Balaban J connectivity index is 4.21. The Hall–Kier alpha value is -0.790. The summed E-state index contributed by atoms with van der Waals surface area (Å²) in [5.41, 5.74) is 0.0255. The molecular weight excluding hydrogens is 92.1 g/mol. The topological polar surface area (TPSA) is 26.3 Å². The molecule has 0 aliphatic heterocycles. The molecule has 0 aromatic carbocycles. The van der Waals surface area contributed by atoms with Gasteiger partial charge in [0.05, 0.1) is 9.85 Å². The smallest absolute Gasteiger partial charge is 0.332 e. The van der Waals surface area contributed by atoms with E-state index in [4.69, 9.17) is 2.74 Å². The van der Waals surface area contributed by atoms with Crippen LogP contribution in [0.3, 0.4) is 0 Å². The lowest BCUT2D eigenvalue weighted by atomic mass is 10.4. The molecule has 0 aliphatic rings. The van der Waals surface area contributed by atoms with Gasteiger partial charge in [0, 0.05) is 5.57 Å². The molecule has 0 spiro atoms. The molecular formula is C5H8O2. The third kappa shape index (κ3) is 1.98. The molecule has 0 aromatic rings. The minimum absolute atomic E-state index is 0.0255. The van der Waals surface area contributed by atoms with Crippen molar-refractivity contribution in [2.24, 2.45) is 0 Å². The Morgan fingerprint density at radius 1 is 2.00 bits per heavy atom. The van der Waals surface area contributed by atoms with Gasteiger partial charge in [0.1, 0.15) is 0 Å². The van der Waals surface area contributed by atoms with Crippen molar-refractivity contribution >= 4 is 5.97 Å². The van der Waals surface area contributed by atoms with Crippen LogP contribution in [0.5, 0.6) is 0 Å². The van der Waals surface area contributed by atoms with Crippen molar-refractivity contribution in [1.82, 2.24) is 0 Å². The summed E-state index contributed by atoms with van der Waals surface area (Å²) < 4.78 is 17.6. The van der Waals surface area contributed by atoms with E-state index in [9.17, 15) is 4.79 Å². The largest absolute Gasteiger partial charge is 0.466 e. The maximum absolute atomic E-state index is 10.4. The van der Waals surface area contributed by atoms with E-state index < -0.39 is 12.5 Å². The zero-order valence-electron chi connectivity index (χ0n) is 6.32. The van der Waals surface area contributed by atoms with Crippen LogP contribution >= 0.6 is 0 Å². The molecule has 40 valence electrons. The second-order valence-corrected chi connectivity index (χ2v) is 1.12. The molecule has 0 saturated heterocycles. The predicted octanol–water partition coefficient (Wildman–Crippen LogP) is 0.736. The van der Waals surface area contributed by atoms with Crippen LogP contribution in [0.1, 0.15) is 9.67 Å². The third-order valence-electron chi connectivity index (χ3n) is 0.492. The Morgan fingerprint density at radius 3 is 2.71 bits per heavy atom. The van der Waals surface area contributed by atoms with Gasteiger partial charge in [0.2, 0.25) is 0 Å². The molecule has 0 bridgehead atoms. The van der Waals surface area contributed by atoms with Crippen molar-refractivity contribution in [3.8, 4) is 0 Å². The number of carbonyl (C=O) groups excluding carboxylic acids is 1. The highest BCUT2D eigenvalue weighted by Crippen LogP contribution is 1.87. The summed E-state index contributed by atoms with van der Waals surface area (Å²) in [7, 11) is 1.22. The van der Waals surface area contributed by atoms with Gasteiger partial charge >= 0.3 is 5.97 Å². The van der Waals surface area contributed by atoms with Crippen LogP contribution in [-0.2, 0) is 9.53 Å². The number of carbonyl (C=O) groups is 1. The number of ether oxygens (including phenoxy) is 1. The van der Waals surface area contributed by atoms with Crippen LogP contribution in [0.4, 0.5) is 0 Å². The van der Waals surface area contributed by atoms with E-state index >= 15 is 0 Å². The third-order valence-corrected chi connectivity index (χ3v) is 0.492. The van der Waals surface area contributed by atoms with Gasteiger partial charge in [-0.1, -0.05) is 6.53 Å². The number of esters is 1. The van der Waals surface area contributed by atoms with Crippen LogP contribution in [0.2, 0.25) is 0 Å². The predicted molar refractivity (Wildman–Crippen MR) is 26.8 cm³/mol. The van der Waals surface area contributed by atoms with Crippen molar-refractivity contribution in [1.29, 1.82) is 0 Å². The van der Waals surface area contributed by atoms with Crippen molar-refractivity contribution in [3.05, 3.63) is 12.1 Å². The summed E-state index contributed by atoms with van der Waals surface area (Å²) in [5.74, 6) is -0.616. The molecule has 0 saturated carbocycles. The van der Waals surface area contributed by atoms with E-state index in [2.05, 4.69) is 4.74 Å². The minimum atomic E-state index is -0.616. The second-order valence-electron chi connectivity index (χ2n) is 1.12. The summed E-state index contributed by atoms with van der Waals surface area (Å²) in [5, 5.41) is 0. The molecule has 2 nitrogen and oxygen atoms in total. The van der Waals surface area contributed by atoms with Gasteiger partial charge < -0.3 is 4.74 Å². The standard InChI is InChI=1S/C5H8O2/c1-4(2)5(6)7-3/h1H2,2-3H3/i1D2. The average Bonchev–Trinajstić information content (AvgIpc) is 1.84. The van der Waals surface area contributed by atoms with E-state index in [0.717, 1.165) is 0 Å². The van der Waals surface area contributed by atoms with Crippen LogP contribution < -0.4 is 0 Å². The summed E-state index contributed by atoms with van der Waals surface area (Å²) >= 11 is 0. The van der Waals surface area contributed by atoms with Crippen LogP contribution in [0.15, 0.2) is 12.1 Å². The Labute approximate surface area is 45.6 Å². The van der Waals surface area contributed by atoms with Crippen molar-refractivity contribution < 1.29 is 12.3 Å². The summed E-state index contributed by atoms with van der Waals surface area (Å²) in [6, 6.07) is 0. The van der Waals surface area contributed by atoms with Crippen molar-refractivity contribution in [3.63, 3.8) is 0 Å². The average molecular weight is 102 g/mol. The fourth-order valence-electron chi connectivity index (χ4n) is 0.153. The normalized spacial score (nSPS) is 11.1. The number of rotatable bonds is 1. The number of hydrogen-bond acceptors (Lipinski definition) is 2. The Morgan fingerprint density at radius 2 is 2.57 bits per heavy atom. The molecule has 0 N–H and O–H groups in total. The lowest BCUT2D eigenvalue weighted by molar-refractivity contribution is -0.135. The molecule has 7 heavy (non-hydrogen) atoms. The molecule has 0 radical (unpaired) electrons. The van der Waals surface area contributed by atoms with Crippen molar-refractivity contribution in [2.75, 3.05) is 7.11 Å². The number of hydrogen-bond donors (Lipinski definition) is 0. The van der Waals surface area contributed by atoms with Gasteiger partial charge in [-0.25, -0.2) is 4.79 Å². The molecule has 0 aromatic heterocycles. The zero-order chi connectivity index (χ0) is 7.44. The van der Waals surface area contributed by atoms with E-state index in [1.54, 1.807) is 0 Å². The first-order valence-corrected chi connectivity index (χ1v) is 1.82. The van der Waals surface area contributed by atoms with Gasteiger partial charge in [-0.3, -0.25) is 0 Å². The second kappa shape index (κ2) is 2.39. The SMILES string of the molecule is [2H]C([2H])=C(C)C(=O)OC. The molecule has 0 unspecified atom stereocenters. The number of methoxy groups -OCH3 is 1. The molecule has 0 atom stereocenters.